The highest BCUT2D eigenvalue weighted by Gasteiger charge is 2.31. The van der Waals surface area contributed by atoms with Gasteiger partial charge in [-0.2, -0.15) is 0 Å². The van der Waals surface area contributed by atoms with Crippen molar-refractivity contribution in [3.8, 4) is 0 Å². The third-order valence-electron chi connectivity index (χ3n) is 6.15. The van der Waals surface area contributed by atoms with E-state index in [1.54, 1.807) is 18.2 Å². The molecule has 2 aromatic rings. The molecule has 1 saturated heterocycles. The fourth-order valence-electron chi connectivity index (χ4n) is 4.78. The Labute approximate surface area is 167 Å². The number of hydrogen-bond donors (Lipinski definition) is 0. The van der Waals surface area contributed by atoms with Crippen LogP contribution in [0.5, 0.6) is 0 Å². The lowest BCUT2D eigenvalue weighted by molar-refractivity contribution is 0.0807. The van der Waals surface area contributed by atoms with Crippen LogP contribution in [0, 0.1) is 12.8 Å². The molecule has 0 bridgehead atoms. The molecule has 0 spiro atoms. The lowest BCUT2D eigenvalue weighted by Crippen LogP contribution is -2.46. The van der Waals surface area contributed by atoms with Crippen LogP contribution in [-0.4, -0.2) is 65.9 Å². The van der Waals surface area contributed by atoms with Crippen molar-refractivity contribution >= 4 is 0 Å². The molecule has 0 unspecified atom stereocenters. The summed E-state index contributed by atoms with van der Waals surface area (Å²) in [4.78, 5) is 5.15. The van der Waals surface area contributed by atoms with Crippen molar-refractivity contribution in [1.29, 1.82) is 0 Å². The molecular weight excluding hydrogens is 352 g/mol. The van der Waals surface area contributed by atoms with Gasteiger partial charge in [0.05, 0.1) is 13.2 Å². The molecule has 1 aliphatic carbocycles. The average Bonchev–Trinajstić information content (AvgIpc) is 3.32. The van der Waals surface area contributed by atoms with Crippen LogP contribution in [0.3, 0.4) is 0 Å². The molecule has 0 radical (unpaired) electrons. The number of hydrogen-bond acceptors (Lipinski definition) is 6. The van der Waals surface area contributed by atoms with E-state index in [-0.39, 0.29) is 0 Å². The Balaban J connectivity index is 1.34. The van der Waals surface area contributed by atoms with Gasteiger partial charge < -0.3 is 9.15 Å². The minimum atomic E-state index is 0.631. The normalized spacial score (nSPS) is 20.8. The number of benzene rings is 1. The molecule has 28 heavy (non-hydrogen) atoms. The lowest BCUT2D eigenvalue weighted by Gasteiger charge is -2.38. The number of aromatic nitrogens is 2. The summed E-state index contributed by atoms with van der Waals surface area (Å²) in [6.07, 6.45) is 4.99. The highest BCUT2D eigenvalue weighted by Crippen LogP contribution is 2.29. The van der Waals surface area contributed by atoms with Crippen molar-refractivity contribution in [3.05, 3.63) is 47.2 Å². The van der Waals surface area contributed by atoms with Gasteiger partial charge in [-0.15, -0.1) is 10.2 Å². The molecule has 2 heterocycles. The molecule has 0 amide bonds. The van der Waals surface area contributed by atoms with Gasteiger partial charge in [0, 0.05) is 39.7 Å². The number of nitrogens with zero attached hydrogens (tertiary/aromatic N) is 4. The zero-order valence-electron chi connectivity index (χ0n) is 17.1. The van der Waals surface area contributed by atoms with Crippen LogP contribution in [0.4, 0.5) is 0 Å². The molecule has 0 N–H and O–H groups in total. The first-order valence-corrected chi connectivity index (χ1v) is 10.5. The Bertz CT molecular complexity index is 737. The van der Waals surface area contributed by atoms with E-state index in [1.807, 2.05) is 6.92 Å². The molecular formula is C22H32N4O2. The van der Waals surface area contributed by atoms with Crippen LogP contribution in [0.25, 0.3) is 0 Å². The minimum Gasteiger partial charge on any atom is -0.424 e. The summed E-state index contributed by atoms with van der Waals surface area (Å²) in [5.74, 6) is 2.01. The number of likely N-dealkylation sites (tertiary alicyclic amines) is 1. The molecule has 2 aliphatic rings. The first-order chi connectivity index (χ1) is 13.7. The molecule has 1 aliphatic heterocycles. The molecule has 1 atom stereocenters. The van der Waals surface area contributed by atoms with Gasteiger partial charge in [0.15, 0.2) is 0 Å². The van der Waals surface area contributed by atoms with Gasteiger partial charge in [-0.3, -0.25) is 9.80 Å². The summed E-state index contributed by atoms with van der Waals surface area (Å²) >= 11 is 0. The monoisotopic (exact) mass is 384 g/mol. The Morgan fingerprint density at radius 3 is 2.68 bits per heavy atom. The Morgan fingerprint density at radius 1 is 1.21 bits per heavy atom. The number of piperidine rings is 1. The zero-order valence-corrected chi connectivity index (χ0v) is 17.1. The molecule has 6 nitrogen and oxygen atoms in total. The third-order valence-corrected chi connectivity index (χ3v) is 6.15. The summed E-state index contributed by atoms with van der Waals surface area (Å²) in [6.45, 7) is 7.64. The third kappa shape index (κ3) is 4.80. The largest absolute Gasteiger partial charge is 0.424 e. The van der Waals surface area contributed by atoms with Crippen molar-refractivity contribution in [1.82, 2.24) is 20.0 Å². The number of fused-ring (bicyclic) bond motifs is 1. The molecule has 1 aromatic heterocycles. The van der Waals surface area contributed by atoms with Gasteiger partial charge in [-0.1, -0.05) is 24.3 Å². The fraction of sp³-hybridized carbons (Fsp3) is 0.636. The second kappa shape index (κ2) is 9.16. The van der Waals surface area contributed by atoms with Crippen molar-refractivity contribution in [2.24, 2.45) is 5.92 Å². The predicted octanol–water partition coefficient (Wildman–Crippen LogP) is 2.71. The zero-order chi connectivity index (χ0) is 19.3. The van der Waals surface area contributed by atoms with E-state index in [2.05, 4.69) is 44.3 Å². The SMILES string of the molecule is COCCN(Cc1nnc(C)o1)C[C@@H]1CCCN(C2Cc3ccccc3C2)C1. The van der Waals surface area contributed by atoms with E-state index in [4.69, 9.17) is 9.15 Å². The van der Waals surface area contributed by atoms with Gasteiger partial charge in [-0.05, 0) is 49.3 Å². The van der Waals surface area contributed by atoms with Crippen molar-refractivity contribution in [2.45, 2.75) is 45.2 Å². The average molecular weight is 385 g/mol. The number of rotatable bonds is 8. The van der Waals surface area contributed by atoms with Crippen LogP contribution in [-0.2, 0) is 24.1 Å². The minimum absolute atomic E-state index is 0.631. The maximum absolute atomic E-state index is 5.61. The first kappa shape index (κ1) is 19.6. The topological polar surface area (TPSA) is 54.6 Å². The van der Waals surface area contributed by atoms with E-state index >= 15 is 0 Å². The number of ether oxygens (including phenoxy) is 1. The van der Waals surface area contributed by atoms with E-state index in [9.17, 15) is 0 Å². The highest BCUT2D eigenvalue weighted by molar-refractivity contribution is 5.33. The van der Waals surface area contributed by atoms with Crippen molar-refractivity contribution < 1.29 is 9.15 Å². The molecule has 0 saturated carbocycles. The summed E-state index contributed by atoms with van der Waals surface area (Å²) in [7, 11) is 1.76. The Kier molecular flexibility index (Phi) is 6.40. The lowest BCUT2D eigenvalue weighted by atomic mass is 9.95. The summed E-state index contributed by atoms with van der Waals surface area (Å²) < 4.78 is 10.9. The van der Waals surface area contributed by atoms with Crippen molar-refractivity contribution in [3.63, 3.8) is 0 Å². The number of methoxy groups -OCH3 is 1. The fourth-order valence-corrected chi connectivity index (χ4v) is 4.78. The Hall–Kier alpha value is -1.76. The van der Waals surface area contributed by atoms with E-state index in [1.165, 1.54) is 38.8 Å². The van der Waals surface area contributed by atoms with E-state index in [0.717, 1.165) is 19.7 Å². The van der Waals surface area contributed by atoms with Gasteiger partial charge in [0.25, 0.3) is 0 Å². The standard InChI is InChI=1S/C22H32N4O2/c1-17-23-24-22(28-17)16-25(10-11-27-2)14-18-6-5-9-26(15-18)21-12-19-7-3-4-8-20(19)13-21/h3-4,7-8,18,21H,5-6,9-16H2,1-2H3/t18-/m0/s1. The smallest absolute Gasteiger partial charge is 0.230 e. The van der Waals surface area contributed by atoms with Gasteiger partial charge in [0.1, 0.15) is 0 Å². The molecule has 152 valence electrons. The molecule has 1 fully saturated rings. The van der Waals surface area contributed by atoms with Crippen LogP contribution in [0.1, 0.15) is 35.7 Å². The Morgan fingerprint density at radius 2 is 2.00 bits per heavy atom. The van der Waals surface area contributed by atoms with Gasteiger partial charge >= 0.3 is 0 Å². The van der Waals surface area contributed by atoms with Gasteiger partial charge in [-0.25, -0.2) is 0 Å². The van der Waals surface area contributed by atoms with Crippen molar-refractivity contribution in [2.75, 3.05) is 39.9 Å². The highest BCUT2D eigenvalue weighted by atomic mass is 16.5. The van der Waals surface area contributed by atoms with E-state index < -0.39 is 0 Å². The molecule has 1 aromatic carbocycles. The quantitative estimate of drug-likeness (QED) is 0.698. The maximum Gasteiger partial charge on any atom is 0.230 e. The summed E-state index contributed by atoms with van der Waals surface area (Å²) in [5, 5.41) is 8.15. The second-order valence-electron chi connectivity index (χ2n) is 8.28. The summed E-state index contributed by atoms with van der Waals surface area (Å²) in [5.41, 5.74) is 3.09. The number of aryl methyl sites for hydroxylation is 1. The molecule has 4 rings (SSSR count). The van der Waals surface area contributed by atoms with E-state index in [0.29, 0.717) is 30.3 Å². The van der Waals surface area contributed by atoms with Crippen LogP contribution in [0.2, 0.25) is 0 Å². The van der Waals surface area contributed by atoms with Crippen LogP contribution >= 0.6 is 0 Å². The second-order valence-corrected chi connectivity index (χ2v) is 8.28. The van der Waals surface area contributed by atoms with Crippen LogP contribution in [0.15, 0.2) is 28.7 Å². The van der Waals surface area contributed by atoms with Gasteiger partial charge in [0.2, 0.25) is 11.8 Å². The maximum atomic E-state index is 5.61. The van der Waals surface area contributed by atoms with Crippen LogP contribution < -0.4 is 0 Å². The molecule has 6 heteroatoms. The summed E-state index contributed by atoms with van der Waals surface area (Å²) in [6, 6.07) is 9.62. The predicted molar refractivity (Wildman–Crippen MR) is 108 cm³/mol. The first-order valence-electron chi connectivity index (χ1n) is 10.5.